The molecule has 0 fully saturated rings. The highest BCUT2D eigenvalue weighted by Gasteiger charge is 2.37. The summed E-state index contributed by atoms with van der Waals surface area (Å²) in [5.41, 5.74) is 2.55. The third kappa shape index (κ3) is 7.87. The van der Waals surface area contributed by atoms with Crippen LogP contribution in [0.2, 0.25) is 0 Å². The van der Waals surface area contributed by atoms with Gasteiger partial charge >= 0.3 is 0 Å². The van der Waals surface area contributed by atoms with Gasteiger partial charge in [0.15, 0.2) is 0 Å². The molecule has 0 radical (unpaired) electrons. The summed E-state index contributed by atoms with van der Waals surface area (Å²) in [5, 5.41) is 0.743. The minimum absolute atomic E-state index is 0.165. The lowest BCUT2D eigenvalue weighted by molar-refractivity contribution is 0.596. The predicted molar refractivity (Wildman–Crippen MR) is 159 cm³/mol. The van der Waals surface area contributed by atoms with Crippen LogP contribution in [0.5, 0.6) is 0 Å². The van der Waals surface area contributed by atoms with E-state index in [1.807, 2.05) is 18.2 Å². The molecular formula is C30H48O2P2S. The Hall–Kier alpha value is -0.750. The third-order valence-electron chi connectivity index (χ3n) is 6.44. The highest BCUT2D eigenvalue weighted by molar-refractivity contribution is 7.91. The van der Waals surface area contributed by atoms with Gasteiger partial charge in [0.05, 0.1) is 9.79 Å². The van der Waals surface area contributed by atoms with Crippen molar-refractivity contribution in [2.45, 2.75) is 126 Å². The Balaban J connectivity index is 2.70. The number of rotatable bonds is 6. The second-order valence-corrected chi connectivity index (χ2v) is 23.3. The van der Waals surface area contributed by atoms with Crippen molar-refractivity contribution in [1.29, 1.82) is 0 Å². The highest BCUT2D eigenvalue weighted by atomic mass is 32.2. The normalized spacial score (nSPS) is 14.1. The Labute approximate surface area is 219 Å². The number of benzene rings is 2. The summed E-state index contributed by atoms with van der Waals surface area (Å²) in [6.07, 6.45) is 1.95. The molecular weight excluding hydrogens is 486 g/mol. The molecule has 0 bridgehead atoms. The minimum atomic E-state index is -3.56. The van der Waals surface area contributed by atoms with E-state index < -0.39 is 17.8 Å². The molecule has 0 spiro atoms. The average Bonchev–Trinajstić information content (AvgIpc) is 2.67. The first kappa shape index (κ1) is 30.5. The van der Waals surface area contributed by atoms with Gasteiger partial charge in [0, 0.05) is 0 Å². The molecule has 0 atom stereocenters. The van der Waals surface area contributed by atoms with Gasteiger partial charge in [0.1, 0.15) is 0 Å². The zero-order valence-corrected chi connectivity index (χ0v) is 26.8. The lowest BCUT2D eigenvalue weighted by atomic mass is 10.1. The van der Waals surface area contributed by atoms with E-state index in [4.69, 9.17) is 0 Å². The van der Waals surface area contributed by atoms with Crippen molar-refractivity contribution in [2.75, 3.05) is 0 Å². The van der Waals surface area contributed by atoms with Crippen LogP contribution in [0.4, 0.5) is 0 Å². The maximum absolute atomic E-state index is 13.5. The predicted octanol–water partition coefficient (Wildman–Crippen LogP) is 9.68. The molecule has 2 aromatic rings. The maximum atomic E-state index is 13.5. The fraction of sp³-hybridized carbons (Fsp3) is 0.600. The first-order chi connectivity index (χ1) is 15.6. The molecule has 0 amide bonds. The van der Waals surface area contributed by atoms with E-state index >= 15 is 0 Å². The quantitative estimate of drug-likeness (QED) is 0.346. The summed E-state index contributed by atoms with van der Waals surface area (Å²) in [6, 6.07) is 14.8. The van der Waals surface area contributed by atoms with Crippen LogP contribution >= 0.6 is 15.8 Å². The number of sulfone groups is 1. The van der Waals surface area contributed by atoms with Gasteiger partial charge in [-0.2, -0.15) is 0 Å². The van der Waals surface area contributed by atoms with E-state index in [1.165, 1.54) is 11.1 Å². The summed E-state index contributed by atoms with van der Waals surface area (Å²) in [4.78, 5) is 0.773. The van der Waals surface area contributed by atoms with E-state index in [2.05, 4.69) is 89.2 Å². The molecule has 2 aromatic carbocycles. The molecule has 0 heterocycles. The standard InChI is InChI=1S/C30H48O2P2S/c1-27(2,3)33(28(4,5)6)21-23-18-19-26(35(31,32)25-16-14-13-15-17-25)20-24(23)22-34(29(7,8)9)30(10,11)12/h13-20H,21-22H2,1-12H3. The van der Waals surface area contributed by atoms with E-state index in [-0.39, 0.29) is 28.5 Å². The van der Waals surface area contributed by atoms with Crippen LogP contribution in [-0.4, -0.2) is 29.0 Å². The van der Waals surface area contributed by atoms with Gasteiger partial charge in [0.2, 0.25) is 9.84 Å². The van der Waals surface area contributed by atoms with Crippen molar-refractivity contribution in [1.82, 2.24) is 0 Å². The highest BCUT2D eigenvalue weighted by Crippen LogP contribution is 2.64. The Morgan fingerprint density at radius 1 is 0.543 bits per heavy atom. The molecule has 0 N–H and O–H groups in total. The van der Waals surface area contributed by atoms with E-state index in [9.17, 15) is 8.42 Å². The molecule has 0 saturated heterocycles. The van der Waals surface area contributed by atoms with Crippen molar-refractivity contribution in [3.63, 3.8) is 0 Å². The van der Waals surface area contributed by atoms with Crippen LogP contribution in [0.15, 0.2) is 58.3 Å². The van der Waals surface area contributed by atoms with Crippen molar-refractivity contribution < 1.29 is 8.42 Å². The summed E-state index contributed by atoms with van der Waals surface area (Å²) in [5.74, 6) is 0. The van der Waals surface area contributed by atoms with Crippen molar-refractivity contribution in [3.8, 4) is 0 Å². The van der Waals surface area contributed by atoms with Gasteiger partial charge in [-0.1, -0.05) is 123 Å². The molecule has 0 saturated carbocycles. The Kier molecular flexibility index (Phi) is 9.19. The smallest absolute Gasteiger partial charge is 0.206 e. The van der Waals surface area contributed by atoms with Crippen LogP contribution in [0.3, 0.4) is 0 Å². The fourth-order valence-corrected chi connectivity index (χ4v) is 13.6. The molecule has 0 unspecified atom stereocenters. The zero-order chi connectivity index (χ0) is 27.0. The van der Waals surface area contributed by atoms with Crippen molar-refractivity contribution in [2.24, 2.45) is 0 Å². The number of hydrogen-bond donors (Lipinski definition) is 0. The van der Waals surface area contributed by atoms with Gasteiger partial charge in [-0.05, 0) is 68.3 Å². The zero-order valence-electron chi connectivity index (χ0n) is 24.2. The summed E-state index contributed by atoms with van der Waals surface area (Å²) in [6.45, 7) is 28.2. The summed E-state index contributed by atoms with van der Waals surface area (Å²) < 4.78 is 27.1. The molecule has 5 heteroatoms. The molecule has 2 nitrogen and oxygen atoms in total. The van der Waals surface area contributed by atoms with Crippen molar-refractivity contribution >= 4 is 25.7 Å². The molecule has 0 aliphatic heterocycles. The first-order valence-electron chi connectivity index (χ1n) is 12.6. The van der Waals surface area contributed by atoms with Gasteiger partial charge < -0.3 is 0 Å². The Morgan fingerprint density at radius 2 is 0.943 bits per heavy atom. The van der Waals surface area contributed by atoms with Crippen LogP contribution < -0.4 is 0 Å². The SMILES string of the molecule is CC(C)(C)P(Cc1ccc(S(=O)(=O)c2ccccc2)cc1CP(C(C)(C)C)C(C)(C)C)C(C)(C)C. The Bertz CT molecular complexity index is 1070. The minimum Gasteiger partial charge on any atom is -0.219 e. The van der Waals surface area contributed by atoms with Crippen LogP contribution in [-0.2, 0) is 22.2 Å². The van der Waals surface area contributed by atoms with Gasteiger partial charge in [0.25, 0.3) is 0 Å². The lowest BCUT2D eigenvalue weighted by Crippen LogP contribution is -2.27. The molecule has 0 aliphatic carbocycles. The fourth-order valence-electron chi connectivity index (χ4n) is 5.11. The van der Waals surface area contributed by atoms with Crippen LogP contribution in [0, 0.1) is 0 Å². The molecule has 196 valence electrons. The summed E-state index contributed by atoms with van der Waals surface area (Å²) >= 11 is 0. The second kappa shape index (κ2) is 10.6. The molecule has 0 aliphatic rings. The van der Waals surface area contributed by atoms with E-state index in [1.54, 1.807) is 24.3 Å². The van der Waals surface area contributed by atoms with Crippen LogP contribution in [0.1, 0.15) is 94.2 Å². The van der Waals surface area contributed by atoms with Gasteiger partial charge in [-0.15, -0.1) is 0 Å². The van der Waals surface area contributed by atoms with E-state index in [0.717, 1.165) is 12.3 Å². The maximum Gasteiger partial charge on any atom is 0.206 e. The topological polar surface area (TPSA) is 34.1 Å². The van der Waals surface area contributed by atoms with Crippen LogP contribution in [0.25, 0.3) is 0 Å². The average molecular weight is 535 g/mol. The van der Waals surface area contributed by atoms with E-state index in [0.29, 0.717) is 9.79 Å². The Morgan fingerprint density at radius 3 is 1.34 bits per heavy atom. The number of hydrogen-bond acceptors (Lipinski definition) is 2. The third-order valence-corrected chi connectivity index (χ3v) is 16.0. The molecule has 35 heavy (non-hydrogen) atoms. The summed E-state index contributed by atoms with van der Waals surface area (Å²) in [7, 11) is -4.30. The first-order valence-corrected chi connectivity index (χ1v) is 17.2. The largest absolute Gasteiger partial charge is 0.219 e. The van der Waals surface area contributed by atoms with Gasteiger partial charge in [-0.25, -0.2) is 8.42 Å². The molecule has 0 aromatic heterocycles. The monoisotopic (exact) mass is 534 g/mol. The lowest BCUT2D eigenvalue weighted by Gasteiger charge is -2.43. The van der Waals surface area contributed by atoms with Crippen molar-refractivity contribution in [3.05, 3.63) is 59.7 Å². The second-order valence-electron chi connectivity index (χ2n) is 13.6. The van der Waals surface area contributed by atoms with Gasteiger partial charge in [-0.3, -0.25) is 0 Å². The molecule has 2 rings (SSSR count).